The Kier molecular flexibility index (Phi) is 1.96. The maximum absolute atomic E-state index is 5.85. The molecule has 2 aromatic heterocycles. The summed E-state index contributed by atoms with van der Waals surface area (Å²) in [5.74, 6) is 0. The van der Waals surface area contributed by atoms with E-state index in [4.69, 9.17) is 11.6 Å². The minimum atomic E-state index is 0.516. The van der Waals surface area contributed by atoms with Gasteiger partial charge in [0.25, 0.3) is 0 Å². The lowest BCUT2D eigenvalue weighted by molar-refractivity contribution is 0.915. The molecule has 0 aromatic carbocycles. The van der Waals surface area contributed by atoms with E-state index in [2.05, 4.69) is 17.0 Å². The van der Waals surface area contributed by atoms with Gasteiger partial charge in [0.1, 0.15) is 5.15 Å². The van der Waals surface area contributed by atoms with Gasteiger partial charge < -0.3 is 0 Å². The summed E-state index contributed by atoms with van der Waals surface area (Å²) in [5, 5.41) is 4.64. The van der Waals surface area contributed by atoms with Crippen molar-refractivity contribution in [1.29, 1.82) is 0 Å². The van der Waals surface area contributed by atoms with Crippen LogP contribution in [0.1, 0.15) is 18.2 Å². The smallest absolute Gasteiger partial charge is 0.157 e. The highest BCUT2D eigenvalue weighted by atomic mass is 35.5. The standard InChI is InChI=1S/C9H10ClN3/c1-3-7-4-8(10)12-13-5-6(2)11-9(7)13/h4-5H,3H2,1-2H3. The average molecular weight is 196 g/mol. The maximum Gasteiger partial charge on any atom is 0.157 e. The highest BCUT2D eigenvalue weighted by Gasteiger charge is 2.05. The van der Waals surface area contributed by atoms with Gasteiger partial charge in [0.05, 0.1) is 11.9 Å². The number of rotatable bonds is 1. The van der Waals surface area contributed by atoms with Crippen molar-refractivity contribution >= 4 is 17.2 Å². The van der Waals surface area contributed by atoms with Gasteiger partial charge >= 0.3 is 0 Å². The number of nitrogens with zero attached hydrogens (tertiary/aromatic N) is 3. The molecule has 0 aliphatic carbocycles. The molecule has 68 valence electrons. The predicted molar refractivity (Wildman–Crippen MR) is 52.1 cm³/mol. The van der Waals surface area contributed by atoms with Gasteiger partial charge in [-0.2, -0.15) is 5.10 Å². The molecular weight excluding hydrogens is 186 g/mol. The van der Waals surface area contributed by atoms with Crippen molar-refractivity contribution in [2.45, 2.75) is 20.3 Å². The summed E-state index contributed by atoms with van der Waals surface area (Å²) in [6.45, 7) is 4.03. The fraction of sp³-hybridized carbons (Fsp3) is 0.333. The Labute approximate surface area is 81.4 Å². The van der Waals surface area contributed by atoms with Crippen LogP contribution in [0.3, 0.4) is 0 Å². The molecule has 0 aliphatic heterocycles. The molecule has 0 saturated carbocycles. The molecule has 0 saturated heterocycles. The number of aromatic nitrogens is 3. The van der Waals surface area contributed by atoms with Crippen LogP contribution in [0.4, 0.5) is 0 Å². The van der Waals surface area contributed by atoms with Crippen molar-refractivity contribution in [3.8, 4) is 0 Å². The van der Waals surface area contributed by atoms with Crippen LogP contribution < -0.4 is 0 Å². The molecule has 0 bridgehead atoms. The average Bonchev–Trinajstić information content (AvgIpc) is 2.43. The fourth-order valence-electron chi connectivity index (χ4n) is 1.38. The number of fused-ring (bicyclic) bond motifs is 1. The summed E-state index contributed by atoms with van der Waals surface area (Å²) >= 11 is 5.85. The van der Waals surface area contributed by atoms with Crippen molar-refractivity contribution in [2.24, 2.45) is 0 Å². The van der Waals surface area contributed by atoms with E-state index >= 15 is 0 Å². The monoisotopic (exact) mass is 195 g/mol. The summed E-state index contributed by atoms with van der Waals surface area (Å²) in [4.78, 5) is 4.37. The van der Waals surface area contributed by atoms with Crippen LogP contribution in [0.5, 0.6) is 0 Å². The van der Waals surface area contributed by atoms with Crippen molar-refractivity contribution in [3.63, 3.8) is 0 Å². The van der Waals surface area contributed by atoms with Gasteiger partial charge in [-0.3, -0.25) is 0 Å². The molecule has 0 radical (unpaired) electrons. The van der Waals surface area contributed by atoms with Gasteiger partial charge in [-0.1, -0.05) is 18.5 Å². The van der Waals surface area contributed by atoms with E-state index in [1.165, 1.54) is 0 Å². The van der Waals surface area contributed by atoms with Crippen LogP contribution in [0.25, 0.3) is 5.65 Å². The molecule has 2 rings (SSSR count). The van der Waals surface area contributed by atoms with Gasteiger partial charge in [-0.15, -0.1) is 0 Å². The largest absolute Gasteiger partial charge is 0.232 e. The molecule has 0 amide bonds. The van der Waals surface area contributed by atoms with Gasteiger partial charge in [-0.25, -0.2) is 9.50 Å². The van der Waals surface area contributed by atoms with Crippen LogP contribution in [-0.2, 0) is 6.42 Å². The SMILES string of the molecule is CCc1cc(Cl)nn2cc(C)nc12. The van der Waals surface area contributed by atoms with Gasteiger partial charge in [0, 0.05) is 0 Å². The Bertz CT molecular complexity index is 447. The van der Waals surface area contributed by atoms with E-state index < -0.39 is 0 Å². The molecule has 0 unspecified atom stereocenters. The second kappa shape index (κ2) is 3.00. The molecule has 0 atom stereocenters. The van der Waals surface area contributed by atoms with E-state index in [0.29, 0.717) is 5.15 Å². The Balaban J connectivity index is 2.80. The van der Waals surface area contributed by atoms with Crippen molar-refractivity contribution < 1.29 is 0 Å². The van der Waals surface area contributed by atoms with Crippen LogP contribution in [0.2, 0.25) is 5.15 Å². The second-order valence-electron chi connectivity index (χ2n) is 3.00. The lowest BCUT2D eigenvalue weighted by Crippen LogP contribution is -1.95. The van der Waals surface area contributed by atoms with Crippen LogP contribution >= 0.6 is 11.6 Å². The summed E-state index contributed by atoms with van der Waals surface area (Å²) < 4.78 is 1.73. The topological polar surface area (TPSA) is 30.2 Å². The Hall–Kier alpha value is -1.09. The third-order valence-electron chi connectivity index (χ3n) is 1.97. The molecule has 0 spiro atoms. The first-order valence-electron chi connectivity index (χ1n) is 4.22. The second-order valence-corrected chi connectivity index (χ2v) is 3.38. The van der Waals surface area contributed by atoms with Crippen LogP contribution in [0.15, 0.2) is 12.3 Å². The lowest BCUT2D eigenvalue weighted by Gasteiger charge is -1.99. The normalized spacial score (nSPS) is 11.0. The van der Waals surface area contributed by atoms with Crippen LogP contribution in [0, 0.1) is 6.92 Å². The van der Waals surface area contributed by atoms with Gasteiger partial charge in [0.15, 0.2) is 5.65 Å². The van der Waals surface area contributed by atoms with Crippen molar-refractivity contribution in [2.75, 3.05) is 0 Å². The van der Waals surface area contributed by atoms with E-state index in [0.717, 1.165) is 23.3 Å². The zero-order valence-corrected chi connectivity index (χ0v) is 8.34. The number of hydrogen-bond donors (Lipinski definition) is 0. The summed E-state index contributed by atoms with van der Waals surface area (Å²) in [6.07, 6.45) is 2.79. The molecule has 2 aromatic rings. The molecule has 2 heterocycles. The third kappa shape index (κ3) is 1.40. The molecule has 0 fully saturated rings. The van der Waals surface area contributed by atoms with Crippen LogP contribution in [-0.4, -0.2) is 14.6 Å². The predicted octanol–water partition coefficient (Wildman–Crippen LogP) is 2.25. The highest BCUT2D eigenvalue weighted by Crippen LogP contribution is 2.14. The summed E-state index contributed by atoms with van der Waals surface area (Å²) in [5.41, 5.74) is 3.00. The van der Waals surface area contributed by atoms with Gasteiger partial charge in [0.2, 0.25) is 0 Å². The van der Waals surface area contributed by atoms with Crippen molar-refractivity contribution in [1.82, 2.24) is 14.6 Å². The summed E-state index contributed by atoms with van der Waals surface area (Å²) in [7, 11) is 0. The molecule has 0 N–H and O–H groups in total. The quantitative estimate of drug-likeness (QED) is 0.699. The molecule has 0 aliphatic rings. The number of hydrogen-bond acceptors (Lipinski definition) is 2. The first-order chi connectivity index (χ1) is 6.20. The van der Waals surface area contributed by atoms with E-state index in [9.17, 15) is 0 Å². The summed E-state index contributed by atoms with van der Waals surface area (Å²) in [6, 6.07) is 1.86. The zero-order valence-electron chi connectivity index (χ0n) is 7.58. The number of imidazole rings is 1. The minimum Gasteiger partial charge on any atom is -0.232 e. The van der Waals surface area contributed by atoms with Crippen molar-refractivity contribution in [3.05, 3.63) is 28.7 Å². The molecule has 4 heteroatoms. The molecular formula is C9H10ClN3. The number of halogens is 1. The zero-order chi connectivity index (χ0) is 9.42. The maximum atomic E-state index is 5.85. The molecule has 3 nitrogen and oxygen atoms in total. The first kappa shape index (κ1) is 8.51. The Morgan fingerprint density at radius 1 is 1.54 bits per heavy atom. The first-order valence-corrected chi connectivity index (χ1v) is 4.60. The number of aryl methyl sites for hydroxylation is 2. The Morgan fingerprint density at radius 2 is 2.31 bits per heavy atom. The van der Waals surface area contributed by atoms with Gasteiger partial charge in [-0.05, 0) is 25.0 Å². The Morgan fingerprint density at radius 3 is 3.00 bits per heavy atom. The minimum absolute atomic E-state index is 0.516. The fourth-order valence-corrected chi connectivity index (χ4v) is 1.59. The molecule has 13 heavy (non-hydrogen) atoms. The van der Waals surface area contributed by atoms with E-state index in [1.54, 1.807) is 4.52 Å². The van der Waals surface area contributed by atoms with E-state index in [1.807, 2.05) is 19.2 Å². The lowest BCUT2D eigenvalue weighted by atomic mass is 10.2. The highest BCUT2D eigenvalue weighted by molar-refractivity contribution is 6.29. The van der Waals surface area contributed by atoms with E-state index in [-0.39, 0.29) is 0 Å². The third-order valence-corrected chi connectivity index (χ3v) is 2.16.